The summed E-state index contributed by atoms with van der Waals surface area (Å²) in [6.45, 7) is 0.505. The van der Waals surface area contributed by atoms with E-state index in [0.717, 1.165) is 0 Å². The minimum atomic E-state index is -0.450. The molecule has 0 fully saturated rings. The van der Waals surface area contributed by atoms with Gasteiger partial charge in [0, 0.05) is 24.1 Å². The highest BCUT2D eigenvalue weighted by Gasteiger charge is 2.31. The van der Waals surface area contributed by atoms with E-state index in [9.17, 15) is 9.59 Å². The average Bonchev–Trinajstić information content (AvgIpc) is 2.28. The molecule has 5 heteroatoms. The molecule has 0 unspecified atom stereocenters. The van der Waals surface area contributed by atoms with Crippen LogP contribution in [0.3, 0.4) is 0 Å². The van der Waals surface area contributed by atoms with Gasteiger partial charge in [-0.25, -0.2) is 4.79 Å². The topological polar surface area (TPSA) is 46.6 Å². The first-order chi connectivity index (χ1) is 8.15. The normalized spacial score (nSPS) is 18.2. The van der Waals surface area contributed by atoms with Crippen molar-refractivity contribution in [3.8, 4) is 0 Å². The number of nitrogens with zero attached hydrogens (tertiary/aromatic N) is 1. The van der Waals surface area contributed by atoms with Crippen LogP contribution in [-0.2, 0) is 9.53 Å². The Morgan fingerprint density at radius 1 is 1.29 bits per heavy atom. The summed E-state index contributed by atoms with van der Waals surface area (Å²) in [5.74, 6) is -0.190. The van der Waals surface area contributed by atoms with Crippen molar-refractivity contribution in [1.29, 1.82) is 0 Å². The summed E-state index contributed by atoms with van der Waals surface area (Å²) in [6, 6.07) is 4.99. The zero-order valence-electron chi connectivity index (χ0n) is 8.77. The predicted molar refractivity (Wildman–Crippen MR) is 61.9 cm³/mol. The quantitative estimate of drug-likeness (QED) is 0.661. The molecule has 17 heavy (non-hydrogen) atoms. The smallest absolute Gasteiger partial charge is 0.346 e. The number of halogens is 1. The van der Waals surface area contributed by atoms with Gasteiger partial charge >= 0.3 is 5.97 Å². The molecule has 0 saturated heterocycles. The second kappa shape index (κ2) is 3.60. The van der Waals surface area contributed by atoms with Gasteiger partial charge in [0.05, 0.1) is 11.3 Å². The van der Waals surface area contributed by atoms with Gasteiger partial charge in [-0.05, 0) is 18.2 Å². The van der Waals surface area contributed by atoms with E-state index in [1.54, 1.807) is 23.1 Å². The number of benzene rings is 1. The van der Waals surface area contributed by atoms with Gasteiger partial charge in [-0.15, -0.1) is 0 Å². The van der Waals surface area contributed by atoms with Crippen LogP contribution in [0.5, 0.6) is 0 Å². The van der Waals surface area contributed by atoms with Crippen LogP contribution in [0.1, 0.15) is 16.8 Å². The third kappa shape index (κ3) is 1.61. The summed E-state index contributed by atoms with van der Waals surface area (Å²) >= 11 is 5.92. The summed E-state index contributed by atoms with van der Waals surface area (Å²) in [5.41, 5.74) is 1.17. The number of allylic oxidation sites excluding steroid dienone is 1. The number of ether oxygens (including phenoxy) is 1. The molecule has 0 saturated carbocycles. The highest BCUT2D eigenvalue weighted by molar-refractivity contribution is 6.31. The number of hydrogen-bond donors (Lipinski definition) is 0. The molecule has 0 aromatic heterocycles. The summed E-state index contributed by atoms with van der Waals surface area (Å²) in [7, 11) is 0. The molecule has 2 aliphatic rings. The second-order valence-corrected chi connectivity index (χ2v) is 4.34. The first kappa shape index (κ1) is 10.4. The summed E-state index contributed by atoms with van der Waals surface area (Å²) < 4.78 is 5.11. The first-order valence-electron chi connectivity index (χ1n) is 5.19. The zero-order valence-corrected chi connectivity index (χ0v) is 9.53. The Hall–Kier alpha value is -1.81. The van der Waals surface area contributed by atoms with E-state index < -0.39 is 5.97 Å². The number of ketones is 1. The van der Waals surface area contributed by atoms with Gasteiger partial charge in [0.2, 0.25) is 5.88 Å². The molecule has 3 rings (SSSR count). The second-order valence-electron chi connectivity index (χ2n) is 3.90. The maximum atomic E-state index is 11.7. The Labute approximate surface area is 102 Å². The highest BCUT2D eigenvalue weighted by Crippen LogP contribution is 2.34. The lowest BCUT2D eigenvalue weighted by Gasteiger charge is -2.33. The Kier molecular flexibility index (Phi) is 2.19. The number of fused-ring (bicyclic) bond motifs is 3. The first-order valence-corrected chi connectivity index (χ1v) is 5.57. The van der Waals surface area contributed by atoms with E-state index in [1.807, 2.05) is 0 Å². The fraction of sp³-hybridized carbons (Fsp3) is 0.167. The molecule has 1 aromatic carbocycles. The van der Waals surface area contributed by atoms with E-state index in [2.05, 4.69) is 0 Å². The number of esters is 1. The van der Waals surface area contributed by atoms with Crippen LogP contribution in [0.4, 0.5) is 5.69 Å². The number of carbonyl (C=O) groups is 2. The van der Waals surface area contributed by atoms with Gasteiger partial charge in [0.15, 0.2) is 5.78 Å². The van der Waals surface area contributed by atoms with Crippen LogP contribution in [0.15, 0.2) is 30.2 Å². The van der Waals surface area contributed by atoms with Crippen LogP contribution < -0.4 is 4.90 Å². The zero-order chi connectivity index (χ0) is 12.0. The molecule has 86 valence electrons. The van der Waals surface area contributed by atoms with Crippen LogP contribution in [0.25, 0.3) is 0 Å². The fourth-order valence-electron chi connectivity index (χ4n) is 1.99. The highest BCUT2D eigenvalue weighted by atomic mass is 35.5. The molecular formula is C12H8ClNO3. The van der Waals surface area contributed by atoms with Crippen molar-refractivity contribution in [3.63, 3.8) is 0 Å². The van der Waals surface area contributed by atoms with Crippen molar-refractivity contribution in [2.75, 3.05) is 11.4 Å². The summed E-state index contributed by atoms with van der Waals surface area (Å²) in [5, 5.41) is 0.551. The summed E-state index contributed by atoms with van der Waals surface area (Å²) in [4.78, 5) is 24.8. The Morgan fingerprint density at radius 3 is 2.94 bits per heavy atom. The maximum absolute atomic E-state index is 11.7. The molecule has 4 nitrogen and oxygen atoms in total. The van der Waals surface area contributed by atoms with E-state index in [-0.39, 0.29) is 5.78 Å². The molecule has 0 radical (unpaired) electrons. The molecule has 0 aliphatic carbocycles. The molecule has 0 bridgehead atoms. The van der Waals surface area contributed by atoms with Crippen LogP contribution in [-0.4, -0.2) is 18.3 Å². The average molecular weight is 250 g/mol. The van der Waals surface area contributed by atoms with Crippen LogP contribution in [0.2, 0.25) is 5.02 Å². The van der Waals surface area contributed by atoms with Gasteiger partial charge < -0.3 is 9.64 Å². The minimum Gasteiger partial charge on any atom is -0.405 e. The van der Waals surface area contributed by atoms with Gasteiger partial charge in [-0.3, -0.25) is 4.79 Å². The van der Waals surface area contributed by atoms with Gasteiger partial charge in [0.1, 0.15) is 0 Å². The molecular weight excluding hydrogens is 242 g/mol. The number of anilines is 1. The fourth-order valence-corrected chi connectivity index (χ4v) is 2.16. The lowest BCUT2D eigenvalue weighted by Crippen LogP contribution is -2.36. The Bertz CT molecular complexity index is 565. The lowest BCUT2D eigenvalue weighted by molar-refractivity contribution is -0.114. The molecule has 0 N–H and O–H groups in total. The largest absolute Gasteiger partial charge is 0.405 e. The third-order valence-corrected chi connectivity index (χ3v) is 3.04. The molecule has 0 amide bonds. The van der Waals surface area contributed by atoms with Crippen LogP contribution in [0, 0.1) is 0 Å². The monoisotopic (exact) mass is 249 g/mol. The molecule has 1 aromatic rings. The molecule has 0 spiro atoms. The van der Waals surface area contributed by atoms with Gasteiger partial charge in [-0.1, -0.05) is 11.6 Å². The third-order valence-electron chi connectivity index (χ3n) is 2.80. The molecule has 2 aliphatic heterocycles. The Morgan fingerprint density at radius 2 is 2.12 bits per heavy atom. The van der Waals surface area contributed by atoms with Gasteiger partial charge in [-0.2, -0.15) is 0 Å². The van der Waals surface area contributed by atoms with E-state index in [1.165, 1.54) is 6.08 Å². The molecule has 2 heterocycles. The van der Waals surface area contributed by atoms with Crippen molar-refractivity contribution in [2.45, 2.75) is 6.42 Å². The predicted octanol–water partition coefficient (Wildman–Crippen LogP) is 2.13. The van der Waals surface area contributed by atoms with E-state index in [4.69, 9.17) is 16.3 Å². The van der Waals surface area contributed by atoms with E-state index >= 15 is 0 Å². The van der Waals surface area contributed by atoms with Crippen molar-refractivity contribution < 1.29 is 14.3 Å². The van der Waals surface area contributed by atoms with E-state index in [0.29, 0.717) is 35.1 Å². The number of rotatable bonds is 0. The molecule has 0 atom stereocenters. The van der Waals surface area contributed by atoms with Crippen molar-refractivity contribution in [2.24, 2.45) is 0 Å². The van der Waals surface area contributed by atoms with Gasteiger partial charge in [0.25, 0.3) is 0 Å². The standard InChI is InChI=1S/C12H8ClNO3/c13-7-1-2-9-10(5-7)14-4-3-8(15)6-11(14)17-12(9)16/h1-2,5-6H,3-4H2. The van der Waals surface area contributed by atoms with Crippen LogP contribution >= 0.6 is 11.6 Å². The Balaban J connectivity index is 2.17. The van der Waals surface area contributed by atoms with Crippen molar-refractivity contribution in [1.82, 2.24) is 0 Å². The maximum Gasteiger partial charge on any atom is 0.346 e. The minimum absolute atomic E-state index is 0.0328. The number of carbonyl (C=O) groups excluding carboxylic acids is 2. The SMILES string of the molecule is O=C1C=C2OC(=O)c3ccc(Cl)cc3N2CC1. The number of hydrogen-bond acceptors (Lipinski definition) is 4. The lowest BCUT2D eigenvalue weighted by atomic mass is 10.1. The van der Waals surface area contributed by atoms with Crippen molar-refractivity contribution >= 4 is 29.0 Å². The summed E-state index contributed by atoms with van der Waals surface area (Å²) in [6.07, 6.45) is 1.76. The van der Waals surface area contributed by atoms with Crippen molar-refractivity contribution in [3.05, 3.63) is 40.7 Å².